The van der Waals surface area contributed by atoms with E-state index in [0.717, 1.165) is 6.07 Å². The van der Waals surface area contributed by atoms with E-state index < -0.39 is 21.6 Å². The van der Waals surface area contributed by atoms with Crippen molar-refractivity contribution < 1.29 is 21.6 Å². The minimum atomic E-state index is -4.60. The van der Waals surface area contributed by atoms with E-state index in [4.69, 9.17) is 5.73 Å². The number of alkyl halides is 3. The Morgan fingerprint density at radius 3 is 2.52 bits per heavy atom. The number of sulfone groups is 1. The lowest BCUT2D eigenvalue weighted by molar-refractivity contribution is -0.137. The number of anilines is 1. The van der Waals surface area contributed by atoms with E-state index in [2.05, 4.69) is 25.0 Å². The molecule has 0 amide bonds. The molecule has 4 aromatic heterocycles. The summed E-state index contributed by atoms with van der Waals surface area (Å²) < 4.78 is 67.1. The molecule has 4 aromatic rings. The molecule has 0 atom stereocenters. The van der Waals surface area contributed by atoms with Gasteiger partial charge in [-0.1, -0.05) is 6.92 Å². The largest absolute Gasteiger partial charge is 0.417 e. The number of pyridine rings is 2. The molecule has 0 aromatic carbocycles. The maximum Gasteiger partial charge on any atom is 0.417 e. The number of nitrogen functional groups attached to an aromatic ring is 1. The van der Waals surface area contributed by atoms with Gasteiger partial charge >= 0.3 is 6.18 Å². The molecule has 10 nitrogen and oxygen atoms in total. The van der Waals surface area contributed by atoms with Crippen LogP contribution in [0.25, 0.3) is 28.5 Å². The summed E-state index contributed by atoms with van der Waals surface area (Å²) >= 11 is 0. The number of halogens is 3. The molecule has 0 aliphatic heterocycles. The topological polar surface area (TPSA) is 134 Å². The fourth-order valence-electron chi connectivity index (χ4n) is 2.96. The van der Waals surface area contributed by atoms with Crippen LogP contribution in [0.4, 0.5) is 19.1 Å². The van der Waals surface area contributed by atoms with E-state index in [0.29, 0.717) is 6.20 Å². The monoisotopic (exact) mass is 452 g/mol. The Kier molecular flexibility index (Phi) is 4.68. The van der Waals surface area contributed by atoms with Crippen LogP contribution < -0.4 is 5.73 Å². The number of rotatable bonds is 4. The van der Waals surface area contributed by atoms with Crippen LogP contribution in [-0.2, 0) is 23.1 Å². The van der Waals surface area contributed by atoms with Crippen molar-refractivity contribution in [1.82, 2.24) is 34.3 Å². The standard InChI is InChI=1S/C17H15F3N8O2S/c1-3-31(29,30)11-4-5-12(28-8-23-16(21)26-28)25-13(11)15-24-10-6-9(17(18,19)20)7-22-14(10)27(15)2/h4-8H,3H2,1-2H3,(H2,21,26). The van der Waals surface area contributed by atoms with Crippen LogP contribution in [0.1, 0.15) is 12.5 Å². The van der Waals surface area contributed by atoms with Crippen molar-refractivity contribution in [2.75, 3.05) is 11.5 Å². The minimum absolute atomic E-state index is 0.0137. The third-order valence-electron chi connectivity index (χ3n) is 4.55. The van der Waals surface area contributed by atoms with Crippen molar-refractivity contribution in [2.45, 2.75) is 18.0 Å². The van der Waals surface area contributed by atoms with Gasteiger partial charge in [-0.25, -0.2) is 33.0 Å². The van der Waals surface area contributed by atoms with Crippen LogP contribution in [0.5, 0.6) is 0 Å². The number of hydrogen-bond donors (Lipinski definition) is 1. The molecular weight excluding hydrogens is 437 g/mol. The number of fused-ring (bicyclic) bond motifs is 1. The fraction of sp³-hybridized carbons (Fsp3) is 0.235. The van der Waals surface area contributed by atoms with Crippen molar-refractivity contribution in [3.05, 3.63) is 36.3 Å². The Bertz CT molecular complexity index is 1410. The van der Waals surface area contributed by atoms with Crippen LogP contribution in [0.15, 0.2) is 35.6 Å². The van der Waals surface area contributed by atoms with Crippen LogP contribution in [0.3, 0.4) is 0 Å². The normalized spacial score (nSPS) is 12.5. The van der Waals surface area contributed by atoms with Crippen molar-refractivity contribution in [1.29, 1.82) is 0 Å². The summed E-state index contributed by atoms with van der Waals surface area (Å²) in [4.78, 5) is 16.1. The highest BCUT2D eigenvalue weighted by Gasteiger charge is 2.32. The highest BCUT2D eigenvalue weighted by atomic mass is 32.2. The summed E-state index contributed by atoms with van der Waals surface area (Å²) in [6.45, 7) is 1.47. The molecular formula is C17H15F3N8O2S. The average Bonchev–Trinajstić information content (AvgIpc) is 3.30. The van der Waals surface area contributed by atoms with Gasteiger partial charge in [0.25, 0.3) is 0 Å². The summed E-state index contributed by atoms with van der Waals surface area (Å²) in [5, 5.41) is 3.94. The third-order valence-corrected chi connectivity index (χ3v) is 6.31. The zero-order chi connectivity index (χ0) is 22.6. The van der Waals surface area contributed by atoms with Gasteiger partial charge in [0, 0.05) is 13.2 Å². The number of aromatic nitrogens is 7. The highest BCUT2D eigenvalue weighted by molar-refractivity contribution is 7.91. The van der Waals surface area contributed by atoms with E-state index in [1.807, 2.05) is 0 Å². The molecule has 2 N–H and O–H groups in total. The highest BCUT2D eigenvalue weighted by Crippen LogP contribution is 2.33. The van der Waals surface area contributed by atoms with Gasteiger partial charge in [0.05, 0.1) is 16.2 Å². The first-order valence-corrected chi connectivity index (χ1v) is 10.5. The summed E-state index contributed by atoms with van der Waals surface area (Å²) in [6.07, 6.45) is -2.61. The second-order valence-corrected chi connectivity index (χ2v) is 8.77. The van der Waals surface area contributed by atoms with E-state index in [9.17, 15) is 21.6 Å². The first-order valence-electron chi connectivity index (χ1n) is 8.82. The molecule has 0 aliphatic carbocycles. The Morgan fingerprint density at radius 2 is 1.90 bits per heavy atom. The lowest BCUT2D eigenvalue weighted by Gasteiger charge is -2.10. The molecule has 14 heteroatoms. The Balaban J connectivity index is 1.99. The van der Waals surface area contributed by atoms with E-state index in [1.54, 1.807) is 0 Å². The molecule has 0 aliphatic rings. The molecule has 0 fully saturated rings. The molecule has 162 valence electrons. The van der Waals surface area contributed by atoms with Crippen LogP contribution in [0.2, 0.25) is 0 Å². The zero-order valence-electron chi connectivity index (χ0n) is 16.2. The van der Waals surface area contributed by atoms with Gasteiger partial charge < -0.3 is 10.3 Å². The predicted octanol–water partition coefficient (Wildman–Crippen LogP) is 2.01. The van der Waals surface area contributed by atoms with Crippen molar-refractivity contribution in [3.8, 4) is 17.3 Å². The van der Waals surface area contributed by atoms with Crippen molar-refractivity contribution >= 4 is 26.9 Å². The van der Waals surface area contributed by atoms with Crippen molar-refractivity contribution in [2.24, 2.45) is 7.05 Å². The fourth-order valence-corrected chi connectivity index (χ4v) is 3.98. The molecule has 0 saturated carbocycles. The Hall–Kier alpha value is -3.55. The average molecular weight is 452 g/mol. The zero-order valence-corrected chi connectivity index (χ0v) is 17.0. The molecule has 0 radical (unpaired) electrons. The van der Waals surface area contributed by atoms with Crippen LogP contribution >= 0.6 is 0 Å². The predicted molar refractivity (Wildman–Crippen MR) is 104 cm³/mol. The second kappa shape index (κ2) is 7.01. The molecule has 0 spiro atoms. The third kappa shape index (κ3) is 3.58. The van der Waals surface area contributed by atoms with Gasteiger partial charge in [-0.15, -0.1) is 5.10 Å². The summed E-state index contributed by atoms with van der Waals surface area (Å²) in [5.74, 6) is 0.00630. The van der Waals surface area contributed by atoms with Crippen LogP contribution in [-0.4, -0.2) is 48.5 Å². The number of imidazole rings is 1. The van der Waals surface area contributed by atoms with Gasteiger partial charge in [0.15, 0.2) is 27.1 Å². The summed E-state index contributed by atoms with van der Waals surface area (Å²) in [5.41, 5.74) is 4.59. The van der Waals surface area contributed by atoms with Gasteiger partial charge in [-0.05, 0) is 18.2 Å². The SMILES string of the molecule is CCS(=O)(=O)c1ccc(-n2cnc(N)n2)nc1-c1nc2cc(C(F)(F)F)cnc2n1C. The first-order chi connectivity index (χ1) is 14.5. The van der Waals surface area contributed by atoms with Gasteiger partial charge in [-0.3, -0.25) is 0 Å². The number of aryl methyl sites for hydroxylation is 1. The Labute approximate surface area is 173 Å². The summed E-state index contributed by atoms with van der Waals surface area (Å²) in [7, 11) is -2.23. The molecule has 4 heterocycles. The molecule has 0 saturated heterocycles. The number of hydrogen-bond acceptors (Lipinski definition) is 8. The quantitative estimate of drug-likeness (QED) is 0.497. The molecule has 31 heavy (non-hydrogen) atoms. The summed E-state index contributed by atoms with van der Waals surface area (Å²) in [6, 6.07) is 3.60. The maximum absolute atomic E-state index is 13.1. The first kappa shape index (κ1) is 20.7. The molecule has 0 bridgehead atoms. The number of nitrogens with two attached hydrogens (primary N) is 1. The smallest absolute Gasteiger partial charge is 0.366 e. The van der Waals surface area contributed by atoms with Gasteiger partial charge in [0.2, 0.25) is 5.95 Å². The van der Waals surface area contributed by atoms with E-state index in [-0.39, 0.29) is 45.1 Å². The number of nitrogens with zero attached hydrogens (tertiary/aromatic N) is 7. The lowest BCUT2D eigenvalue weighted by atomic mass is 10.2. The molecule has 0 unspecified atom stereocenters. The maximum atomic E-state index is 13.1. The van der Waals surface area contributed by atoms with Crippen LogP contribution in [0, 0.1) is 0 Å². The Morgan fingerprint density at radius 1 is 1.16 bits per heavy atom. The van der Waals surface area contributed by atoms with E-state index >= 15 is 0 Å². The minimum Gasteiger partial charge on any atom is -0.366 e. The van der Waals surface area contributed by atoms with Gasteiger partial charge in [0.1, 0.15) is 17.5 Å². The molecule has 4 rings (SSSR count). The van der Waals surface area contributed by atoms with E-state index in [1.165, 1.54) is 41.7 Å². The van der Waals surface area contributed by atoms with Gasteiger partial charge in [-0.2, -0.15) is 13.2 Å². The van der Waals surface area contributed by atoms with Crippen molar-refractivity contribution in [3.63, 3.8) is 0 Å². The lowest BCUT2D eigenvalue weighted by Crippen LogP contribution is -2.11. The second-order valence-electron chi connectivity index (χ2n) is 6.53.